The quantitative estimate of drug-likeness (QED) is 0.711. The zero-order valence-electron chi connectivity index (χ0n) is 9.91. The zero-order chi connectivity index (χ0) is 12.6. The van der Waals surface area contributed by atoms with E-state index in [0.29, 0.717) is 11.0 Å². The van der Waals surface area contributed by atoms with Crippen LogP contribution in [-0.2, 0) is 4.74 Å². The Hall–Kier alpha value is -1.84. The second kappa shape index (κ2) is 3.87. The summed E-state index contributed by atoms with van der Waals surface area (Å²) in [5, 5.41) is 0.673. The van der Waals surface area contributed by atoms with Crippen molar-refractivity contribution in [2.75, 3.05) is 0 Å². The molecule has 90 valence electrons. The predicted molar refractivity (Wildman–Crippen MR) is 61.3 cm³/mol. The highest BCUT2D eigenvalue weighted by atomic mass is 19.1. The number of benzene rings is 1. The van der Waals surface area contributed by atoms with E-state index in [1.807, 2.05) is 0 Å². The second-order valence-corrected chi connectivity index (χ2v) is 4.79. The summed E-state index contributed by atoms with van der Waals surface area (Å²) in [5.41, 5.74) is -0.243. The van der Waals surface area contributed by atoms with Crippen molar-refractivity contribution in [2.45, 2.75) is 26.4 Å². The predicted octanol–water partition coefficient (Wildman–Crippen LogP) is 3.53. The van der Waals surface area contributed by atoms with E-state index < -0.39 is 17.4 Å². The molecule has 0 amide bonds. The van der Waals surface area contributed by atoms with Gasteiger partial charge in [0, 0.05) is 11.5 Å². The average molecular weight is 236 g/mol. The van der Waals surface area contributed by atoms with Crippen molar-refractivity contribution < 1.29 is 18.3 Å². The first kappa shape index (κ1) is 11.6. The molecule has 1 aromatic carbocycles. The fraction of sp³-hybridized carbons (Fsp3) is 0.308. The van der Waals surface area contributed by atoms with Crippen LogP contribution in [0.1, 0.15) is 31.3 Å². The van der Waals surface area contributed by atoms with Gasteiger partial charge in [-0.25, -0.2) is 9.18 Å². The molecule has 2 rings (SSSR count). The Kier molecular flexibility index (Phi) is 2.65. The lowest BCUT2D eigenvalue weighted by molar-refractivity contribution is 0.00382. The van der Waals surface area contributed by atoms with Crippen LogP contribution in [0.5, 0.6) is 0 Å². The van der Waals surface area contributed by atoms with Crippen LogP contribution in [0, 0.1) is 5.82 Å². The molecule has 0 fully saturated rings. The monoisotopic (exact) mass is 236 g/mol. The number of furan rings is 1. The number of hydrogen-bond donors (Lipinski definition) is 0. The number of hydrogen-bond acceptors (Lipinski definition) is 3. The maximum Gasteiger partial charge on any atom is 0.374 e. The number of esters is 1. The normalized spacial score (nSPS) is 11.8. The molecule has 0 N–H and O–H groups in total. The molecule has 1 heterocycles. The van der Waals surface area contributed by atoms with Crippen LogP contribution in [0.15, 0.2) is 28.7 Å². The molecule has 0 saturated heterocycles. The molecular weight excluding hydrogens is 223 g/mol. The maximum atomic E-state index is 12.9. The van der Waals surface area contributed by atoms with E-state index in [-0.39, 0.29) is 5.76 Å². The van der Waals surface area contributed by atoms with Crippen LogP contribution < -0.4 is 0 Å². The van der Waals surface area contributed by atoms with Gasteiger partial charge in [0.1, 0.15) is 17.0 Å². The molecule has 0 bridgehead atoms. The number of fused-ring (bicyclic) bond motifs is 1. The SMILES string of the molecule is CC(C)(C)OC(=O)c1cc2ccc(F)cc2o1. The lowest BCUT2D eigenvalue weighted by Gasteiger charge is -2.18. The molecule has 2 aromatic rings. The van der Waals surface area contributed by atoms with Gasteiger partial charge in [-0.05, 0) is 39.0 Å². The van der Waals surface area contributed by atoms with Crippen LogP contribution in [0.3, 0.4) is 0 Å². The summed E-state index contributed by atoms with van der Waals surface area (Å²) >= 11 is 0. The summed E-state index contributed by atoms with van der Waals surface area (Å²) in [7, 11) is 0. The molecule has 0 unspecified atom stereocenters. The number of rotatable bonds is 1. The van der Waals surface area contributed by atoms with Crippen LogP contribution >= 0.6 is 0 Å². The van der Waals surface area contributed by atoms with Gasteiger partial charge >= 0.3 is 5.97 Å². The summed E-state index contributed by atoms with van der Waals surface area (Å²) in [6.07, 6.45) is 0. The third-order valence-electron chi connectivity index (χ3n) is 2.08. The second-order valence-electron chi connectivity index (χ2n) is 4.79. The van der Waals surface area contributed by atoms with Crippen molar-refractivity contribution in [2.24, 2.45) is 0 Å². The molecule has 4 heteroatoms. The summed E-state index contributed by atoms with van der Waals surface area (Å²) in [5.74, 6) is -0.864. The molecule has 1 aromatic heterocycles. The number of carbonyl (C=O) groups excluding carboxylic acids is 1. The molecule has 0 aliphatic rings. The largest absolute Gasteiger partial charge is 0.454 e. The van der Waals surface area contributed by atoms with E-state index in [1.54, 1.807) is 32.9 Å². The fourth-order valence-corrected chi connectivity index (χ4v) is 1.43. The van der Waals surface area contributed by atoms with Crippen molar-refractivity contribution >= 4 is 16.9 Å². The molecule has 0 saturated carbocycles. The van der Waals surface area contributed by atoms with Crippen molar-refractivity contribution in [3.63, 3.8) is 0 Å². The van der Waals surface area contributed by atoms with Crippen molar-refractivity contribution in [3.05, 3.63) is 35.8 Å². The first-order valence-electron chi connectivity index (χ1n) is 5.27. The van der Waals surface area contributed by atoms with Gasteiger partial charge in [0.05, 0.1) is 0 Å². The number of ether oxygens (including phenoxy) is 1. The van der Waals surface area contributed by atoms with Crippen LogP contribution in [0.2, 0.25) is 0 Å². The van der Waals surface area contributed by atoms with Crippen LogP contribution in [0.25, 0.3) is 11.0 Å². The number of carbonyl (C=O) groups is 1. The van der Waals surface area contributed by atoms with Crippen molar-refractivity contribution in [3.8, 4) is 0 Å². The van der Waals surface area contributed by atoms with Gasteiger partial charge in [0.15, 0.2) is 0 Å². The molecule has 0 radical (unpaired) electrons. The van der Waals surface area contributed by atoms with E-state index in [2.05, 4.69) is 0 Å². The first-order valence-corrected chi connectivity index (χ1v) is 5.27. The third-order valence-corrected chi connectivity index (χ3v) is 2.08. The summed E-state index contributed by atoms with van der Waals surface area (Å²) in [4.78, 5) is 11.7. The topological polar surface area (TPSA) is 39.4 Å². The number of halogens is 1. The van der Waals surface area contributed by atoms with E-state index in [4.69, 9.17) is 9.15 Å². The third kappa shape index (κ3) is 2.64. The Morgan fingerprint density at radius 3 is 2.65 bits per heavy atom. The van der Waals surface area contributed by atoms with Crippen LogP contribution in [-0.4, -0.2) is 11.6 Å². The van der Waals surface area contributed by atoms with Gasteiger partial charge in [-0.15, -0.1) is 0 Å². The molecule has 0 spiro atoms. The van der Waals surface area contributed by atoms with E-state index >= 15 is 0 Å². The van der Waals surface area contributed by atoms with Crippen molar-refractivity contribution in [1.82, 2.24) is 0 Å². The lowest BCUT2D eigenvalue weighted by atomic mass is 10.2. The minimum Gasteiger partial charge on any atom is -0.454 e. The van der Waals surface area contributed by atoms with Gasteiger partial charge in [-0.3, -0.25) is 0 Å². The average Bonchev–Trinajstić information content (AvgIpc) is 2.57. The smallest absolute Gasteiger partial charge is 0.374 e. The Bertz CT molecular complexity index is 564. The van der Waals surface area contributed by atoms with E-state index in [1.165, 1.54) is 12.1 Å². The minimum atomic E-state index is -0.582. The van der Waals surface area contributed by atoms with E-state index in [0.717, 1.165) is 0 Å². The van der Waals surface area contributed by atoms with Gasteiger partial charge < -0.3 is 9.15 Å². The molecular formula is C13H13FO3. The Morgan fingerprint density at radius 1 is 1.29 bits per heavy atom. The first-order chi connectivity index (χ1) is 7.85. The highest BCUT2D eigenvalue weighted by molar-refractivity contribution is 5.92. The standard InChI is InChI=1S/C13H13FO3/c1-13(2,3)17-12(15)11-6-8-4-5-9(14)7-10(8)16-11/h4-7H,1-3H3. The fourth-order valence-electron chi connectivity index (χ4n) is 1.43. The maximum absolute atomic E-state index is 12.9. The molecule has 3 nitrogen and oxygen atoms in total. The molecule has 17 heavy (non-hydrogen) atoms. The highest BCUT2D eigenvalue weighted by Crippen LogP contribution is 2.22. The van der Waals surface area contributed by atoms with Crippen LogP contribution in [0.4, 0.5) is 4.39 Å². The Morgan fingerprint density at radius 2 is 2.00 bits per heavy atom. The van der Waals surface area contributed by atoms with E-state index in [9.17, 15) is 9.18 Å². The van der Waals surface area contributed by atoms with Gasteiger partial charge in [-0.1, -0.05) is 0 Å². The molecule has 0 aliphatic heterocycles. The summed E-state index contributed by atoms with van der Waals surface area (Å²) < 4.78 is 23.3. The Labute approximate surface area is 98.2 Å². The Balaban J connectivity index is 2.33. The lowest BCUT2D eigenvalue weighted by Crippen LogP contribution is -2.23. The molecule has 0 atom stereocenters. The zero-order valence-corrected chi connectivity index (χ0v) is 9.91. The van der Waals surface area contributed by atoms with Gasteiger partial charge in [-0.2, -0.15) is 0 Å². The van der Waals surface area contributed by atoms with Gasteiger partial charge in [0.2, 0.25) is 5.76 Å². The summed E-state index contributed by atoms with van der Waals surface area (Å²) in [6, 6.07) is 5.66. The highest BCUT2D eigenvalue weighted by Gasteiger charge is 2.21. The molecule has 0 aliphatic carbocycles. The minimum absolute atomic E-state index is 0.0838. The summed E-state index contributed by atoms with van der Waals surface area (Å²) in [6.45, 7) is 5.31. The van der Waals surface area contributed by atoms with Gasteiger partial charge in [0.25, 0.3) is 0 Å². The van der Waals surface area contributed by atoms with Crippen molar-refractivity contribution in [1.29, 1.82) is 0 Å².